The lowest BCUT2D eigenvalue weighted by molar-refractivity contribution is -0.140. The Bertz CT molecular complexity index is 1170. The van der Waals surface area contributed by atoms with Crippen molar-refractivity contribution in [3.8, 4) is 5.75 Å². The molecule has 3 nitrogen and oxygen atoms in total. The van der Waals surface area contributed by atoms with Crippen LogP contribution in [0.25, 0.3) is 0 Å². The van der Waals surface area contributed by atoms with E-state index in [0.29, 0.717) is 36.1 Å². The second-order valence-corrected chi connectivity index (χ2v) is 11.8. The van der Waals surface area contributed by atoms with E-state index in [-0.39, 0.29) is 12.0 Å². The van der Waals surface area contributed by atoms with Crippen molar-refractivity contribution in [1.29, 1.82) is 0 Å². The van der Waals surface area contributed by atoms with Crippen LogP contribution in [0.15, 0.2) is 42.5 Å². The van der Waals surface area contributed by atoms with Crippen molar-refractivity contribution >= 4 is 6.29 Å². The smallest absolute Gasteiger partial charge is 0.419 e. The number of halogens is 6. The second kappa shape index (κ2) is 17.6. The molecule has 0 N–H and O–H groups in total. The fourth-order valence-electron chi connectivity index (χ4n) is 6.21. The van der Waals surface area contributed by atoms with Crippen molar-refractivity contribution in [2.45, 2.75) is 96.3 Å². The van der Waals surface area contributed by atoms with Crippen LogP contribution in [0.3, 0.4) is 0 Å². The molecule has 0 aliphatic heterocycles. The lowest BCUT2D eigenvalue weighted by atomic mass is 9.70. The Kier molecular flexibility index (Phi) is 14.3. The summed E-state index contributed by atoms with van der Waals surface area (Å²) >= 11 is 0. The Morgan fingerprint density at radius 3 is 2.00 bits per heavy atom. The van der Waals surface area contributed by atoms with Crippen molar-refractivity contribution < 1.29 is 40.6 Å². The number of alkyl halides is 3. The minimum atomic E-state index is -4.66. The van der Waals surface area contributed by atoms with Gasteiger partial charge in [-0.05, 0) is 118 Å². The quantitative estimate of drug-likeness (QED) is 0.108. The second-order valence-electron chi connectivity index (χ2n) is 11.8. The molecular weight excluding hydrogens is 582 g/mol. The van der Waals surface area contributed by atoms with Gasteiger partial charge in [0, 0.05) is 12.7 Å². The van der Waals surface area contributed by atoms with Crippen LogP contribution in [-0.4, -0.2) is 26.1 Å². The Balaban J connectivity index is 0.000000340. The maximum absolute atomic E-state index is 13.7. The Hall–Kier alpha value is -2.81. The molecule has 2 aromatic carbocycles. The van der Waals surface area contributed by atoms with Crippen molar-refractivity contribution in [3.05, 3.63) is 76.6 Å². The first-order valence-corrected chi connectivity index (χ1v) is 15.7. The Morgan fingerprint density at radius 2 is 1.48 bits per heavy atom. The molecule has 0 atom stereocenters. The summed E-state index contributed by atoms with van der Waals surface area (Å²) in [4.78, 5) is 10.7. The van der Waals surface area contributed by atoms with E-state index in [4.69, 9.17) is 4.74 Å². The van der Waals surface area contributed by atoms with Crippen LogP contribution in [0.2, 0.25) is 0 Å². The molecule has 2 aliphatic carbocycles. The molecule has 9 heteroatoms. The van der Waals surface area contributed by atoms with Crippen molar-refractivity contribution in [1.82, 2.24) is 0 Å². The SMILES string of the molecule is CCCCOC1CCC(C2CCC(/C=C/CCc3cc(F)c(C=O)c(F)c3)CC2)CC1.COc1ccc(C(F)(F)F)c(F)c1. The Labute approximate surface area is 257 Å². The summed E-state index contributed by atoms with van der Waals surface area (Å²) < 4.78 is 86.7. The third kappa shape index (κ3) is 11.0. The zero-order valence-corrected chi connectivity index (χ0v) is 25.6. The first-order valence-electron chi connectivity index (χ1n) is 15.7. The summed E-state index contributed by atoms with van der Waals surface area (Å²) in [5, 5.41) is 0. The molecule has 0 spiro atoms. The standard InChI is InChI=1S/C27H38F2O2.C8H6F4O/c1-2-3-16-31-24-14-12-23(13-15-24)22-10-8-20(9-11-22)6-4-5-7-21-17-26(28)25(19-30)27(29)18-21;1-13-5-2-3-6(7(9)4-5)8(10,11)12/h4,6,17-20,22-24H,2-3,5,7-16H2,1H3;2-4H,1H3/b6-4+;. The molecule has 0 saturated heterocycles. The largest absolute Gasteiger partial charge is 0.497 e. The summed E-state index contributed by atoms with van der Waals surface area (Å²) in [6.07, 6.45) is 14.6. The lowest BCUT2D eigenvalue weighted by Gasteiger charge is -2.37. The average molecular weight is 627 g/mol. The summed E-state index contributed by atoms with van der Waals surface area (Å²) in [6.45, 7) is 3.14. The average Bonchev–Trinajstić information content (AvgIpc) is 3.00. The third-order valence-electron chi connectivity index (χ3n) is 8.80. The number of carbonyl (C=O) groups is 1. The zero-order chi connectivity index (χ0) is 32.1. The van der Waals surface area contributed by atoms with Gasteiger partial charge in [-0.2, -0.15) is 13.2 Å². The highest BCUT2D eigenvalue weighted by Crippen LogP contribution is 2.41. The van der Waals surface area contributed by atoms with Gasteiger partial charge in [0.15, 0.2) is 6.29 Å². The number of carbonyl (C=O) groups excluding carboxylic acids is 1. The molecule has 0 aromatic heterocycles. The van der Waals surface area contributed by atoms with Crippen LogP contribution in [0, 0.1) is 35.2 Å². The van der Waals surface area contributed by atoms with E-state index in [9.17, 15) is 31.1 Å². The number of rotatable bonds is 11. The fourth-order valence-corrected chi connectivity index (χ4v) is 6.21. The highest BCUT2D eigenvalue weighted by molar-refractivity contribution is 5.75. The number of aldehydes is 1. The highest BCUT2D eigenvalue weighted by Gasteiger charge is 2.34. The van der Waals surface area contributed by atoms with Gasteiger partial charge >= 0.3 is 6.18 Å². The number of hydrogen-bond donors (Lipinski definition) is 0. The van der Waals surface area contributed by atoms with Crippen LogP contribution in [-0.2, 0) is 17.3 Å². The minimum Gasteiger partial charge on any atom is -0.497 e. The van der Waals surface area contributed by atoms with Gasteiger partial charge in [-0.15, -0.1) is 0 Å². The predicted octanol–water partition coefficient (Wildman–Crippen LogP) is 10.3. The number of benzene rings is 2. The molecule has 244 valence electrons. The van der Waals surface area contributed by atoms with Crippen LogP contribution in [0.1, 0.15) is 99.0 Å². The van der Waals surface area contributed by atoms with Crippen LogP contribution in [0.4, 0.5) is 26.3 Å². The third-order valence-corrected chi connectivity index (χ3v) is 8.80. The summed E-state index contributed by atoms with van der Waals surface area (Å²) in [5.74, 6) is -0.408. The molecule has 44 heavy (non-hydrogen) atoms. The maximum Gasteiger partial charge on any atom is 0.419 e. The van der Waals surface area contributed by atoms with Gasteiger partial charge in [0.1, 0.15) is 23.2 Å². The van der Waals surface area contributed by atoms with Gasteiger partial charge in [0.25, 0.3) is 0 Å². The number of ether oxygens (including phenoxy) is 2. The number of aryl methyl sites for hydroxylation is 1. The molecular formula is C35H44F6O3. The van der Waals surface area contributed by atoms with E-state index >= 15 is 0 Å². The van der Waals surface area contributed by atoms with E-state index < -0.39 is 34.8 Å². The summed E-state index contributed by atoms with van der Waals surface area (Å²) in [6, 6.07) is 4.95. The number of allylic oxidation sites excluding steroid dienone is 2. The molecule has 0 heterocycles. The van der Waals surface area contributed by atoms with E-state index in [1.54, 1.807) is 0 Å². The molecule has 4 rings (SSSR count). The topological polar surface area (TPSA) is 35.5 Å². The van der Waals surface area contributed by atoms with Crippen LogP contribution >= 0.6 is 0 Å². The van der Waals surface area contributed by atoms with Crippen LogP contribution in [0.5, 0.6) is 5.75 Å². The molecule has 2 aliphatic rings. The van der Waals surface area contributed by atoms with Gasteiger partial charge in [-0.25, -0.2) is 13.2 Å². The van der Waals surface area contributed by atoms with Gasteiger partial charge < -0.3 is 9.47 Å². The van der Waals surface area contributed by atoms with E-state index in [1.807, 2.05) is 0 Å². The highest BCUT2D eigenvalue weighted by atomic mass is 19.4. The molecule has 2 fully saturated rings. The minimum absolute atomic E-state index is 0.0606. The van der Waals surface area contributed by atoms with Crippen molar-refractivity contribution in [2.24, 2.45) is 17.8 Å². The molecule has 0 bridgehead atoms. The lowest BCUT2D eigenvalue weighted by Crippen LogP contribution is -2.28. The van der Waals surface area contributed by atoms with E-state index in [0.717, 1.165) is 30.9 Å². The predicted molar refractivity (Wildman–Crippen MR) is 159 cm³/mol. The van der Waals surface area contributed by atoms with E-state index in [2.05, 4.69) is 23.8 Å². The molecule has 0 unspecified atom stereocenters. The van der Waals surface area contributed by atoms with Crippen molar-refractivity contribution in [2.75, 3.05) is 13.7 Å². The number of hydrogen-bond acceptors (Lipinski definition) is 3. The monoisotopic (exact) mass is 626 g/mol. The summed E-state index contributed by atoms with van der Waals surface area (Å²) in [7, 11) is 1.25. The van der Waals surface area contributed by atoms with Crippen LogP contribution < -0.4 is 4.74 Å². The normalized spacial score (nSPS) is 22.4. The van der Waals surface area contributed by atoms with E-state index in [1.165, 1.54) is 83.5 Å². The summed E-state index contributed by atoms with van der Waals surface area (Å²) in [5.41, 5.74) is -1.16. The zero-order valence-electron chi connectivity index (χ0n) is 25.6. The number of unbranched alkanes of at least 4 members (excludes halogenated alkanes) is 1. The first kappa shape index (κ1) is 35.7. The molecule has 0 amide bonds. The first-order chi connectivity index (χ1) is 21.0. The van der Waals surface area contributed by atoms with Gasteiger partial charge in [-0.1, -0.05) is 25.5 Å². The van der Waals surface area contributed by atoms with Crippen molar-refractivity contribution in [3.63, 3.8) is 0 Å². The van der Waals surface area contributed by atoms with Gasteiger partial charge in [0.05, 0.1) is 24.3 Å². The molecule has 0 radical (unpaired) electrons. The number of methoxy groups -OCH3 is 1. The Morgan fingerprint density at radius 1 is 0.864 bits per heavy atom. The maximum atomic E-state index is 13.7. The molecule has 2 saturated carbocycles. The molecule has 2 aromatic rings. The van der Waals surface area contributed by atoms with Gasteiger partial charge in [0.2, 0.25) is 0 Å². The fraction of sp³-hybridized carbons (Fsp3) is 0.571. The van der Waals surface area contributed by atoms with Gasteiger partial charge in [-0.3, -0.25) is 4.79 Å².